The Labute approximate surface area is 211 Å². The molecule has 1 aromatic carbocycles. The van der Waals surface area contributed by atoms with Crippen LogP contribution in [0, 0.1) is 5.82 Å². The van der Waals surface area contributed by atoms with Crippen LogP contribution in [0.4, 0.5) is 10.1 Å². The van der Waals surface area contributed by atoms with Crippen LogP contribution < -0.4 is 10.6 Å². The molecule has 2 aliphatic heterocycles. The maximum absolute atomic E-state index is 14.2. The van der Waals surface area contributed by atoms with Gasteiger partial charge in [-0.3, -0.25) is 14.4 Å². The molecule has 194 valence electrons. The summed E-state index contributed by atoms with van der Waals surface area (Å²) in [4.78, 5) is 44.1. The lowest BCUT2D eigenvalue weighted by Gasteiger charge is -2.45. The molecule has 2 N–H and O–H groups in total. The average molecular weight is 498 g/mol. The van der Waals surface area contributed by atoms with Crippen molar-refractivity contribution in [2.24, 2.45) is 0 Å². The first kappa shape index (κ1) is 24.7. The minimum absolute atomic E-state index is 0.116. The van der Waals surface area contributed by atoms with Gasteiger partial charge in [0.2, 0.25) is 11.8 Å². The molecule has 36 heavy (non-hydrogen) atoms. The number of carbonyl (C=O) groups is 3. The lowest BCUT2D eigenvalue weighted by atomic mass is 9.91. The molecule has 1 saturated heterocycles. The van der Waals surface area contributed by atoms with Crippen molar-refractivity contribution >= 4 is 34.3 Å². The summed E-state index contributed by atoms with van der Waals surface area (Å²) in [5.74, 6) is -1.26. The highest BCUT2D eigenvalue weighted by Gasteiger charge is 2.49. The van der Waals surface area contributed by atoms with E-state index in [1.807, 2.05) is 6.92 Å². The number of halogens is 1. The first-order valence-electron chi connectivity index (χ1n) is 13.2. The van der Waals surface area contributed by atoms with Gasteiger partial charge in [0.25, 0.3) is 5.91 Å². The number of rotatable bonds is 6. The Morgan fingerprint density at radius 1 is 1.08 bits per heavy atom. The van der Waals surface area contributed by atoms with Gasteiger partial charge in [0.15, 0.2) is 0 Å². The van der Waals surface area contributed by atoms with Crippen molar-refractivity contribution in [1.82, 2.24) is 19.7 Å². The summed E-state index contributed by atoms with van der Waals surface area (Å²) in [6.07, 6.45) is 7.56. The number of nitrogens with zero attached hydrogens (tertiary/aromatic N) is 3. The van der Waals surface area contributed by atoms with E-state index >= 15 is 0 Å². The van der Waals surface area contributed by atoms with E-state index < -0.39 is 11.4 Å². The number of nitrogens with one attached hydrogen (secondary N) is 2. The molecule has 0 bridgehead atoms. The summed E-state index contributed by atoms with van der Waals surface area (Å²) in [6.45, 7) is 6.51. The molecule has 3 aliphatic rings. The van der Waals surface area contributed by atoms with Crippen LogP contribution in [0.1, 0.15) is 69.3 Å². The van der Waals surface area contributed by atoms with Gasteiger partial charge in [-0.1, -0.05) is 19.3 Å². The number of carbonyl (C=O) groups excluding carboxylic acids is 3. The molecule has 1 unspecified atom stereocenters. The summed E-state index contributed by atoms with van der Waals surface area (Å²) >= 11 is 0. The second kappa shape index (κ2) is 9.84. The van der Waals surface area contributed by atoms with Gasteiger partial charge in [0, 0.05) is 31.4 Å². The molecule has 0 spiro atoms. The predicted octanol–water partition coefficient (Wildman–Crippen LogP) is 3.50. The molecule has 1 aromatic heterocycles. The normalized spacial score (nSPS) is 23.2. The van der Waals surface area contributed by atoms with Gasteiger partial charge in [-0.15, -0.1) is 0 Å². The molecule has 0 radical (unpaired) electrons. The zero-order chi connectivity index (χ0) is 25.4. The molecule has 2 aromatic rings. The highest BCUT2D eigenvalue weighted by atomic mass is 19.1. The summed E-state index contributed by atoms with van der Waals surface area (Å²) in [7, 11) is 0. The van der Waals surface area contributed by atoms with Gasteiger partial charge < -0.3 is 25.0 Å². The van der Waals surface area contributed by atoms with Crippen LogP contribution in [-0.4, -0.2) is 69.8 Å². The largest absolute Gasteiger partial charge is 0.351 e. The van der Waals surface area contributed by atoms with Crippen LogP contribution in [0.5, 0.6) is 0 Å². The number of hydrogen-bond donors (Lipinski definition) is 2. The predicted molar refractivity (Wildman–Crippen MR) is 136 cm³/mol. The lowest BCUT2D eigenvalue weighted by Crippen LogP contribution is -2.65. The zero-order valence-electron chi connectivity index (χ0n) is 21.2. The second-order valence-corrected chi connectivity index (χ2v) is 10.7. The average Bonchev–Trinajstić information content (AvgIpc) is 3.46. The summed E-state index contributed by atoms with van der Waals surface area (Å²) in [5.41, 5.74) is 0.118. The fraction of sp³-hybridized carbons (Fsp3) is 0.593. The topological polar surface area (TPSA) is 86.7 Å². The Hall–Kier alpha value is -2.94. The number of amides is 3. The molecule has 1 saturated carbocycles. The Morgan fingerprint density at radius 3 is 2.50 bits per heavy atom. The van der Waals surface area contributed by atoms with E-state index in [4.69, 9.17) is 0 Å². The Morgan fingerprint density at radius 2 is 1.81 bits per heavy atom. The third-order valence-electron chi connectivity index (χ3n) is 8.10. The number of hydrogen-bond acceptors (Lipinski definition) is 4. The smallest absolute Gasteiger partial charge is 0.273 e. The van der Waals surface area contributed by atoms with Gasteiger partial charge in [0.1, 0.15) is 17.1 Å². The van der Waals surface area contributed by atoms with E-state index in [0.717, 1.165) is 51.6 Å². The van der Waals surface area contributed by atoms with Gasteiger partial charge in [-0.05, 0) is 63.9 Å². The van der Waals surface area contributed by atoms with Crippen LogP contribution >= 0.6 is 0 Å². The number of likely N-dealkylation sites (tertiary alicyclic amines) is 1. The standard InChI is InChI=1S/C27H36FN5O3/c1-18(34)29-23-21-16-19(28)10-11-22(21)32-17-27(2,26(36)30-20-8-4-3-5-9-20)33(25(35)24(23)32)15-14-31-12-6-7-13-31/h10-11,16,20H,3-9,12-15,17H2,1-2H3,(H,29,34)(H,30,36). The van der Waals surface area contributed by atoms with Crippen molar-refractivity contribution in [3.05, 3.63) is 29.7 Å². The van der Waals surface area contributed by atoms with Crippen LogP contribution in [0.3, 0.4) is 0 Å². The zero-order valence-corrected chi connectivity index (χ0v) is 21.2. The Kier molecular flexibility index (Phi) is 6.76. The van der Waals surface area contributed by atoms with Crippen LogP contribution in [-0.2, 0) is 16.1 Å². The van der Waals surface area contributed by atoms with E-state index in [1.165, 1.54) is 25.5 Å². The fourth-order valence-electron chi connectivity index (χ4n) is 6.14. The lowest BCUT2D eigenvalue weighted by molar-refractivity contribution is -0.133. The van der Waals surface area contributed by atoms with E-state index in [2.05, 4.69) is 15.5 Å². The molecule has 2 fully saturated rings. The summed E-state index contributed by atoms with van der Waals surface area (Å²) < 4.78 is 16.0. The maximum Gasteiger partial charge on any atom is 0.273 e. The molecule has 1 atom stereocenters. The van der Waals surface area contributed by atoms with Crippen LogP contribution in [0.25, 0.3) is 10.9 Å². The van der Waals surface area contributed by atoms with E-state index in [0.29, 0.717) is 35.4 Å². The number of aromatic nitrogens is 1. The third-order valence-corrected chi connectivity index (χ3v) is 8.10. The summed E-state index contributed by atoms with van der Waals surface area (Å²) in [6, 6.07) is 4.42. The van der Waals surface area contributed by atoms with E-state index in [9.17, 15) is 18.8 Å². The van der Waals surface area contributed by atoms with Gasteiger partial charge in [-0.25, -0.2) is 4.39 Å². The molecule has 3 amide bonds. The molecule has 5 rings (SSSR count). The van der Waals surface area contributed by atoms with Crippen LogP contribution in [0.15, 0.2) is 18.2 Å². The van der Waals surface area contributed by atoms with Crippen molar-refractivity contribution in [2.75, 3.05) is 31.5 Å². The van der Waals surface area contributed by atoms with Gasteiger partial charge in [0.05, 0.1) is 17.7 Å². The second-order valence-electron chi connectivity index (χ2n) is 10.7. The minimum atomic E-state index is -1.12. The molecule has 1 aliphatic carbocycles. The first-order valence-corrected chi connectivity index (χ1v) is 13.2. The minimum Gasteiger partial charge on any atom is -0.351 e. The van der Waals surface area contributed by atoms with Gasteiger partial charge in [-0.2, -0.15) is 0 Å². The monoisotopic (exact) mass is 497 g/mol. The van der Waals surface area contributed by atoms with Crippen molar-refractivity contribution in [1.29, 1.82) is 0 Å². The van der Waals surface area contributed by atoms with E-state index in [-0.39, 0.29) is 30.3 Å². The molecule has 8 nitrogen and oxygen atoms in total. The summed E-state index contributed by atoms with van der Waals surface area (Å²) in [5, 5.41) is 6.48. The van der Waals surface area contributed by atoms with Crippen molar-refractivity contribution in [3.63, 3.8) is 0 Å². The number of fused-ring (bicyclic) bond motifs is 3. The van der Waals surface area contributed by atoms with Crippen LogP contribution in [0.2, 0.25) is 0 Å². The SMILES string of the molecule is CC(=O)Nc1c2n(c3ccc(F)cc13)CC(C)(C(=O)NC1CCCCC1)N(CCN1CCCC1)C2=O. The highest BCUT2D eigenvalue weighted by molar-refractivity contribution is 6.14. The van der Waals surface area contributed by atoms with Crippen molar-refractivity contribution in [2.45, 2.75) is 76.9 Å². The number of anilines is 1. The molecular formula is C27H36FN5O3. The Bertz CT molecular complexity index is 1180. The molecular weight excluding hydrogens is 461 g/mol. The van der Waals surface area contributed by atoms with Gasteiger partial charge >= 0.3 is 0 Å². The quantitative estimate of drug-likeness (QED) is 0.640. The maximum atomic E-state index is 14.2. The van der Waals surface area contributed by atoms with Crippen molar-refractivity contribution < 1.29 is 18.8 Å². The Balaban J connectivity index is 1.56. The van der Waals surface area contributed by atoms with Crippen molar-refractivity contribution in [3.8, 4) is 0 Å². The van der Waals surface area contributed by atoms with E-state index in [1.54, 1.807) is 15.5 Å². The molecule has 9 heteroatoms. The number of benzene rings is 1. The third kappa shape index (κ3) is 4.49. The highest BCUT2D eigenvalue weighted by Crippen LogP contribution is 2.39. The molecule has 3 heterocycles. The fourth-order valence-corrected chi connectivity index (χ4v) is 6.14. The first-order chi connectivity index (χ1) is 17.3.